The monoisotopic (exact) mass is 248 g/mol. The molecule has 10 heteroatoms. The second kappa shape index (κ2) is 4.84. The lowest BCUT2D eigenvalue weighted by molar-refractivity contribution is -0.262. The fourth-order valence-corrected chi connectivity index (χ4v) is 1.56. The summed E-state index contributed by atoms with van der Waals surface area (Å²) in [7, 11) is 0. The molecule has 1 saturated heterocycles. The number of aliphatic hydroxyl groups excluding tert-OH is 4. The summed E-state index contributed by atoms with van der Waals surface area (Å²) < 4.78 is 4.82. The highest BCUT2D eigenvalue weighted by molar-refractivity contribution is 5.84. The van der Waals surface area contributed by atoms with Crippen LogP contribution in [0.2, 0.25) is 0 Å². The third-order valence-corrected chi connectivity index (χ3v) is 2.51. The van der Waals surface area contributed by atoms with E-state index < -0.39 is 42.7 Å². The quantitative estimate of drug-likeness (QED) is 0.201. The number of carbonyl (C=O) groups is 1. The van der Waals surface area contributed by atoms with Crippen LogP contribution in [0.25, 0.3) is 10.4 Å². The zero-order valence-electron chi connectivity index (χ0n) is 8.54. The van der Waals surface area contributed by atoms with Crippen molar-refractivity contribution in [2.75, 3.05) is 6.61 Å². The molecule has 96 valence electrons. The van der Waals surface area contributed by atoms with Crippen LogP contribution < -0.4 is 5.73 Å². The van der Waals surface area contributed by atoms with Gasteiger partial charge in [0.1, 0.15) is 24.4 Å². The molecule has 1 aliphatic heterocycles. The van der Waals surface area contributed by atoms with E-state index in [1.54, 1.807) is 0 Å². The van der Waals surface area contributed by atoms with Crippen molar-refractivity contribution in [2.24, 2.45) is 10.8 Å². The number of ether oxygens (including phenoxy) is 1. The Kier molecular flexibility index (Phi) is 3.88. The number of nitrogens with zero attached hydrogens (tertiary/aromatic N) is 3. The van der Waals surface area contributed by atoms with Crippen molar-refractivity contribution in [1.82, 2.24) is 0 Å². The molecule has 17 heavy (non-hydrogen) atoms. The molecule has 0 radical (unpaired) electrons. The minimum absolute atomic E-state index is 0.763. The van der Waals surface area contributed by atoms with Crippen molar-refractivity contribution < 1.29 is 30.0 Å². The van der Waals surface area contributed by atoms with Gasteiger partial charge in [-0.2, -0.15) is 0 Å². The van der Waals surface area contributed by atoms with Crippen LogP contribution in [0.1, 0.15) is 0 Å². The molecule has 0 aliphatic carbocycles. The van der Waals surface area contributed by atoms with E-state index >= 15 is 0 Å². The van der Waals surface area contributed by atoms with E-state index in [1.807, 2.05) is 0 Å². The van der Waals surface area contributed by atoms with E-state index in [-0.39, 0.29) is 0 Å². The Balaban J connectivity index is 3.20. The fraction of sp³-hybridized carbons (Fsp3) is 0.857. The molecular weight excluding hydrogens is 236 g/mol. The summed E-state index contributed by atoms with van der Waals surface area (Å²) in [6.45, 7) is -0.763. The van der Waals surface area contributed by atoms with Crippen LogP contribution >= 0.6 is 0 Å². The van der Waals surface area contributed by atoms with Gasteiger partial charge in [-0.1, -0.05) is 0 Å². The lowest BCUT2D eigenvalue weighted by Gasteiger charge is -2.44. The van der Waals surface area contributed by atoms with Gasteiger partial charge in [-0.05, 0) is 10.6 Å². The summed E-state index contributed by atoms with van der Waals surface area (Å²) in [4.78, 5) is 13.5. The lowest BCUT2D eigenvalue weighted by atomic mass is 9.90. The van der Waals surface area contributed by atoms with Crippen LogP contribution in [-0.4, -0.2) is 63.1 Å². The number of carbonyl (C=O) groups excluding carboxylic acids is 1. The zero-order valence-corrected chi connectivity index (χ0v) is 8.54. The van der Waals surface area contributed by atoms with Gasteiger partial charge in [0, 0.05) is 4.91 Å². The molecule has 1 amide bonds. The number of hydrogen-bond donors (Lipinski definition) is 5. The maximum Gasteiger partial charge on any atom is 0.258 e. The first kappa shape index (κ1) is 13.6. The Labute approximate surface area is 94.8 Å². The SMILES string of the molecule is [N-]=[N+]=N[C@]1(C(N)=O)O[C@H](CO)[C@@H](O)[C@H](O)[C@H]1O. The van der Waals surface area contributed by atoms with Crippen molar-refractivity contribution in [3.63, 3.8) is 0 Å². The molecule has 6 N–H and O–H groups in total. The van der Waals surface area contributed by atoms with Crippen molar-refractivity contribution in [3.8, 4) is 0 Å². The Morgan fingerprint density at radius 1 is 1.47 bits per heavy atom. The lowest BCUT2D eigenvalue weighted by Crippen LogP contribution is -2.68. The van der Waals surface area contributed by atoms with E-state index in [0.29, 0.717) is 0 Å². The van der Waals surface area contributed by atoms with E-state index in [1.165, 1.54) is 0 Å². The molecule has 0 aromatic rings. The van der Waals surface area contributed by atoms with Gasteiger partial charge < -0.3 is 30.9 Å². The van der Waals surface area contributed by atoms with E-state index in [0.717, 1.165) is 0 Å². The van der Waals surface area contributed by atoms with Gasteiger partial charge in [-0.3, -0.25) is 4.79 Å². The summed E-state index contributed by atoms with van der Waals surface area (Å²) in [5.74, 6) is -1.34. The Hall–Kier alpha value is -1.42. The zero-order chi connectivity index (χ0) is 13.2. The highest BCUT2D eigenvalue weighted by Gasteiger charge is 2.57. The van der Waals surface area contributed by atoms with Gasteiger partial charge in [0.05, 0.1) is 6.61 Å². The predicted octanol–water partition coefficient (Wildman–Crippen LogP) is -3.05. The molecule has 0 aromatic heterocycles. The molecule has 1 rings (SSSR count). The molecule has 0 bridgehead atoms. The number of nitrogens with two attached hydrogens (primary N) is 1. The first-order valence-corrected chi connectivity index (χ1v) is 4.59. The molecule has 10 nitrogen and oxygen atoms in total. The van der Waals surface area contributed by atoms with E-state index in [2.05, 4.69) is 10.0 Å². The molecule has 5 atom stereocenters. The third kappa shape index (κ3) is 2.05. The van der Waals surface area contributed by atoms with E-state index in [9.17, 15) is 20.1 Å². The number of rotatable bonds is 3. The van der Waals surface area contributed by atoms with Gasteiger partial charge in [-0.25, -0.2) is 0 Å². The largest absolute Gasteiger partial charge is 0.394 e. The van der Waals surface area contributed by atoms with E-state index in [4.69, 9.17) is 21.1 Å². The Morgan fingerprint density at radius 2 is 2.06 bits per heavy atom. The topological polar surface area (TPSA) is 182 Å². The molecule has 1 aliphatic rings. The van der Waals surface area contributed by atoms with Gasteiger partial charge in [0.15, 0.2) is 0 Å². The second-order valence-electron chi connectivity index (χ2n) is 3.52. The minimum Gasteiger partial charge on any atom is -0.394 e. The third-order valence-electron chi connectivity index (χ3n) is 2.51. The normalized spacial score (nSPS) is 41.6. The minimum atomic E-state index is -2.55. The molecule has 0 aromatic carbocycles. The molecular formula is C7H12N4O6. The molecule has 1 fully saturated rings. The van der Waals surface area contributed by atoms with Crippen LogP contribution in [0.3, 0.4) is 0 Å². The van der Waals surface area contributed by atoms with Crippen molar-refractivity contribution in [3.05, 3.63) is 10.4 Å². The summed E-state index contributed by atoms with van der Waals surface area (Å²) >= 11 is 0. The van der Waals surface area contributed by atoms with Crippen LogP contribution in [0.4, 0.5) is 0 Å². The van der Waals surface area contributed by atoms with Gasteiger partial charge in [0.25, 0.3) is 11.6 Å². The standard InChI is InChI=1S/C7H12N4O6/c8-6(16)7(10-11-9)5(15)4(14)3(13)2(1-12)17-7/h2-5,12-15H,1H2,(H2,8,16)/t2-,3-,4+,5-,7+/m1/s1. The molecule has 0 spiro atoms. The van der Waals surface area contributed by atoms with Crippen molar-refractivity contribution >= 4 is 5.91 Å². The van der Waals surface area contributed by atoms with Gasteiger partial charge >= 0.3 is 0 Å². The maximum atomic E-state index is 11.2. The fourth-order valence-electron chi connectivity index (χ4n) is 1.56. The molecule has 0 unspecified atom stereocenters. The van der Waals surface area contributed by atoms with Crippen molar-refractivity contribution in [1.29, 1.82) is 0 Å². The first-order chi connectivity index (χ1) is 7.90. The highest BCUT2D eigenvalue weighted by Crippen LogP contribution is 2.31. The summed E-state index contributed by atoms with van der Waals surface area (Å²) in [6, 6.07) is 0. The smallest absolute Gasteiger partial charge is 0.258 e. The van der Waals surface area contributed by atoms with Crippen LogP contribution in [-0.2, 0) is 9.53 Å². The summed E-state index contributed by atoms with van der Waals surface area (Å²) in [5.41, 5.74) is 10.7. The van der Waals surface area contributed by atoms with Gasteiger partial charge in [0.2, 0.25) is 0 Å². The van der Waals surface area contributed by atoms with Gasteiger partial charge in [-0.15, -0.1) is 0 Å². The number of amides is 1. The Morgan fingerprint density at radius 3 is 2.47 bits per heavy atom. The molecule has 1 heterocycles. The number of azide groups is 1. The average molecular weight is 248 g/mol. The maximum absolute atomic E-state index is 11.2. The number of aliphatic hydroxyl groups is 4. The second-order valence-corrected chi connectivity index (χ2v) is 3.52. The highest BCUT2D eigenvalue weighted by atomic mass is 16.6. The summed E-state index contributed by atoms with van der Waals surface area (Å²) in [6.07, 6.45) is -6.93. The van der Waals surface area contributed by atoms with Crippen LogP contribution in [0, 0.1) is 0 Å². The Bertz CT molecular complexity index is 352. The van der Waals surface area contributed by atoms with Crippen LogP contribution in [0.5, 0.6) is 0 Å². The first-order valence-electron chi connectivity index (χ1n) is 4.59. The van der Waals surface area contributed by atoms with Crippen molar-refractivity contribution in [2.45, 2.75) is 30.1 Å². The number of primary amides is 1. The molecule has 0 saturated carbocycles. The predicted molar refractivity (Wildman–Crippen MR) is 51.1 cm³/mol. The number of hydrogen-bond acceptors (Lipinski definition) is 7. The average Bonchev–Trinajstić information content (AvgIpc) is 2.30. The summed E-state index contributed by atoms with van der Waals surface area (Å²) in [5, 5.41) is 40.3. The van der Waals surface area contributed by atoms with Crippen LogP contribution in [0.15, 0.2) is 5.11 Å².